The second-order valence-corrected chi connectivity index (χ2v) is 4.99. The van der Waals surface area contributed by atoms with Crippen molar-refractivity contribution >= 4 is 11.9 Å². The number of aryl methyl sites for hydroxylation is 2. The Balaban J connectivity index is 2.01. The van der Waals surface area contributed by atoms with Crippen molar-refractivity contribution < 1.29 is 4.99 Å². The molecule has 1 fully saturated rings. The third-order valence-corrected chi connectivity index (χ3v) is 3.19. The van der Waals surface area contributed by atoms with Gasteiger partial charge in [0.15, 0.2) is 0 Å². The molecule has 0 radical (unpaired) electrons. The number of nitrogens with two attached hydrogens (primary N) is 1. The summed E-state index contributed by atoms with van der Waals surface area (Å²) in [6.45, 7) is 3.90. The second kappa shape index (κ2) is 5.80. The van der Waals surface area contributed by atoms with E-state index in [1.165, 1.54) is 32.1 Å². The van der Waals surface area contributed by atoms with E-state index in [4.69, 9.17) is 5.73 Å². The predicted molar refractivity (Wildman–Crippen MR) is 72.2 cm³/mol. The minimum absolute atomic E-state index is 0.483. The minimum Gasteiger partial charge on any atom is -0.290 e. The summed E-state index contributed by atoms with van der Waals surface area (Å²) in [5, 5.41) is 3.03. The van der Waals surface area contributed by atoms with Gasteiger partial charge in [-0.1, -0.05) is 19.3 Å². The Morgan fingerprint density at radius 2 is 1.83 bits per heavy atom. The zero-order valence-corrected chi connectivity index (χ0v) is 11.2. The summed E-state index contributed by atoms with van der Waals surface area (Å²) in [6.07, 6.45) is 6.29. The van der Waals surface area contributed by atoms with E-state index in [-0.39, 0.29) is 0 Å². The molecule has 0 bridgehead atoms. The largest absolute Gasteiger partial charge is 0.348 e. The van der Waals surface area contributed by atoms with E-state index < -0.39 is 0 Å². The Bertz CT molecular complexity index is 415. The van der Waals surface area contributed by atoms with Gasteiger partial charge in [-0.15, -0.1) is 0 Å². The fourth-order valence-corrected chi connectivity index (χ4v) is 2.41. The Hall–Kier alpha value is -1.65. The first kappa shape index (κ1) is 12.8. The van der Waals surface area contributed by atoms with Gasteiger partial charge in [-0.2, -0.15) is 0 Å². The van der Waals surface area contributed by atoms with Gasteiger partial charge in [-0.3, -0.25) is 10.7 Å². The zero-order chi connectivity index (χ0) is 13.0. The molecule has 1 saturated carbocycles. The van der Waals surface area contributed by atoms with Crippen molar-refractivity contribution in [2.75, 3.05) is 5.32 Å². The number of rotatable bonds is 2. The quantitative estimate of drug-likeness (QED) is 0.517. The van der Waals surface area contributed by atoms with Crippen LogP contribution in [0, 0.1) is 13.8 Å². The molecule has 0 amide bonds. The molecule has 1 aliphatic rings. The lowest BCUT2D eigenvalue weighted by molar-refractivity contribution is -0.508. The van der Waals surface area contributed by atoms with Gasteiger partial charge in [0.25, 0.3) is 5.95 Å². The number of nitrogens with one attached hydrogen (secondary N) is 2. The van der Waals surface area contributed by atoms with Crippen LogP contribution >= 0.6 is 0 Å². The van der Waals surface area contributed by atoms with Gasteiger partial charge >= 0.3 is 5.96 Å². The van der Waals surface area contributed by atoms with Crippen molar-refractivity contribution in [3.8, 4) is 0 Å². The summed E-state index contributed by atoms with van der Waals surface area (Å²) >= 11 is 0. The standard InChI is InChI=1S/C13H21N5/c1-9-8-10(2)16-13(15-9)18-12(14)17-11-6-4-3-5-7-11/h8,11H,3-7H2,1-2H3,(H3,14,15,16,17,18)/p+1. The molecule has 0 aromatic carbocycles. The van der Waals surface area contributed by atoms with Crippen LogP contribution in [0.5, 0.6) is 0 Å². The Kier molecular flexibility index (Phi) is 4.12. The smallest absolute Gasteiger partial charge is 0.290 e. The molecule has 1 heterocycles. The molecule has 0 unspecified atom stereocenters. The van der Waals surface area contributed by atoms with Gasteiger partial charge in [-0.05, 0) is 32.8 Å². The summed E-state index contributed by atoms with van der Waals surface area (Å²) in [5.74, 6) is 1.11. The van der Waals surface area contributed by atoms with Gasteiger partial charge in [0, 0.05) is 11.4 Å². The van der Waals surface area contributed by atoms with E-state index in [9.17, 15) is 0 Å². The van der Waals surface area contributed by atoms with Crippen molar-refractivity contribution in [3.63, 3.8) is 0 Å². The first-order valence-corrected chi connectivity index (χ1v) is 6.62. The molecule has 5 nitrogen and oxygen atoms in total. The lowest BCUT2D eigenvalue weighted by Crippen LogP contribution is -2.83. The van der Waals surface area contributed by atoms with E-state index in [1.807, 2.05) is 19.9 Å². The highest BCUT2D eigenvalue weighted by Gasteiger charge is 2.15. The van der Waals surface area contributed by atoms with Crippen LogP contribution in [-0.4, -0.2) is 22.0 Å². The molecule has 0 spiro atoms. The summed E-state index contributed by atoms with van der Waals surface area (Å²) in [6, 6.07) is 2.42. The fraction of sp³-hybridized carbons (Fsp3) is 0.615. The van der Waals surface area contributed by atoms with E-state index in [2.05, 4.69) is 20.3 Å². The van der Waals surface area contributed by atoms with Crippen LogP contribution in [-0.2, 0) is 0 Å². The lowest BCUT2D eigenvalue weighted by Gasteiger charge is -2.16. The summed E-state index contributed by atoms with van der Waals surface area (Å²) < 4.78 is 0. The molecule has 0 aliphatic heterocycles. The normalized spacial score (nSPS) is 17.8. The first-order chi connectivity index (χ1) is 8.63. The Morgan fingerprint density at radius 3 is 2.44 bits per heavy atom. The Morgan fingerprint density at radius 1 is 1.22 bits per heavy atom. The van der Waals surface area contributed by atoms with Crippen LogP contribution in [0.4, 0.5) is 5.95 Å². The number of aromatic nitrogens is 2. The number of hydrogen-bond acceptors (Lipinski definition) is 2. The van der Waals surface area contributed by atoms with Crippen LogP contribution < -0.4 is 16.0 Å². The highest BCUT2D eigenvalue weighted by Crippen LogP contribution is 2.14. The molecule has 1 aromatic rings. The van der Waals surface area contributed by atoms with E-state index >= 15 is 0 Å². The lowest BCUT2D eigenvalue weighted by atomic mass is 9.96. The summed E-state index contributed by atoms with van der Waals surface area (Å²) in [5.41, 5.74) is 7.83. The van der Waals surface area contributed by atoms with Gasteiger partial charge in [-0.25, -0.2) is 15.3 Å². The van der Waals surface area contributed by atoms with Crippen molar-refractivity contribution in [1.29, 1.82) is 0 Å². The van der Waals surface area contributed by atoms with Gasteiger partial charge in [0.05, 0.1) is 6.04 Å². The average Bonchev–Trinajstić information content (AvgIpc) is 2.28. The van der Waals surface area contributed by atoms with Gasteiger partial charge < -0.3 is 0 Å². The molecule has 18 heavy (non-hydrogen) atoms. The van der Waals surface area contributed by atoms with Crippen LogP contribution in [0.25, 0.3) is 0 Å². The molecular weight excluding hydrogens is 226 g/mol. The third kappa shape index (κ3) is 3.68. The number of anilines is 1. The fourth-order valence-electron chi connectivity index (χ4n) is 2.41. The maximum absolute atomic E-state index is 5.95. The highest BCUT2D eigenvalue weighted by atomic mass is 15.2. The zero-order valence-electron chi connectivity index (χ0n) is 11.2. The number of hydrogen-bond donors (Lipinski definition) is 3. The third-order valence-electron chi connectivity index (χ3n) is 3.19. The molecule has 4 N–H and O–H groups in total. The van der Waals surface area contributed by atoms with Crippen molar-refractivity contribution in [3.05, 3.63) is 17.5 Å². The van der Waals surface area contributed by atoms with Crippen molar-refractivity contribution in [2.24, 2.45) is 5.73 Å². The van der Waals surface area contributed by atoms with Gasteiger partial charge in [0.1, 0.15) is 0 Å². The monoisotopic (exact) mass is 248 g/mol. The van der Waals surface area contributed by atoms with Crippen molar-refractivity contribution in [1.82, 2.24) is 9.97 Å². The van der Waals surface area contributed by atoms with Crippen LogP contribution in [0.1, 0.15) is 43.5 Å². The summed E-state index contributed by atoms with van der Waals surface area (Å²) in [4.78, 5) is 11.9. The predicted octanol–water partition coefficient (Wildman–Crippen LogP) is 0.233. The molecule has 5 heteroatoms. The van der Waals surface area contributed by atoms with Crippen molar-refractivity contribution in [2.45, 2.75) is 52.0 Å². The van der Waals surface area contributed by atoms with E-state index in [1.54, 1.807) is 0 Å². The summed E-state index contributed by atoms with van der Waals surface area (Å²) in [7, 11) is 0. The highest BCUT2D eigenvalue weighted by molar-refractivity contribution is 5.85. The topological polar surface area (TPSA) is 77.8 Å². The maximum Gasteiger partial charge on any atom is 0.348 e. The van der Waals surface area contributed by atoms with Gasteiger partial charge in [0.2, 0.25) is 0 Å². The second-order valence-electron chi connectivity index (χ2n) is 4.99. The van der Waals surface area contributed by atoms with Crippen LogP contribution in [0.15, 0.2) is 6.07 Å². The van der Waals surface area contributed by atoms with E-state index in [0.717, 1.165) is 11.4 Å². The number of guanidine groups is 1. The molecule has 0 atom stereocenters. The maximum atomic E-state index is 5.95. The minimum atomic E-state index is 0.483. The van der Waals surface area contributed by atoms with E-state index in [0.29, 0.717) is 17.9 Å². The average molecular weight is 248 g/mol. The molecule has 98 valence electrons. The molecular formula is C13H22N5+. The molecule has 2 rings (SSSR count). The Labute approximate surface area is 108 Å². The number of nitrogens with zero attached hydrogens (tertiary/aromatic N) is 2. The van der Waals surface area contributed by atoms with Crippen LogP contribution in [0.3, 0.4) is 0 Å². The molecule has 1 aliphatic carbocycles. The SMILES string of the molecule is Cc1cc(C)nc(NC(N)=[NH+]C2CCCCC2)n1. The first-order valence-electron chi connectivity index (χ1n) is 6.62. The molecule has 0 saturated heterocycles. The van der Waals surface area contributed by atoms with Crippen LogP contribution in [0.2, 0.25) is 0 Å². The molecule has 1 aromatic heterocycles.